The van der Waals surface area contributed by atoms with E-state index < -0.39 is 10.9 Å². The van der Waals surface area contributed by atoms with Gasteiger partial charge >= 0.3 is 5.97 Å². The van der Waals surface area contributed by atoms with Crippen LogP contribution in [0.1, 0.15) is 17.3 Å². The van der Waals surface area contributed by atoms with Crippen molar-refractivity contribution in [3.8, 4) is 5.88 Å². The van der Waals surface area contributed by atoms with E-state index in [1.165, 1.54) is 0 Å². The lowest BCUT2D eigenvalue weighted by molar-refractivity contribution is -0.385. The molecule has 7 nitrogen and oxygen atoms in total. The highest BCUT2D eigenvalue weighted by atomic mass is 16.6. The number of allylic oxidation sites excluding steroid dienone is 1. The van der Waals surface area contributed by atoms with E-state index in [9.17, 15) is 14.9 Å². The quantitative estimate of drug-likeness (QED) is 0.475. The Kier molecular flexibility index (Phi) is 4.15. The molecule has 0 atom stereocenters. The molecule has 17 heavy (non-hydrogen) atoms. The van der Waals surface area contributed by atoms with Gasteiger partial charge in [-0.05, 0) is 6.92 Å². The molecule has 0 spiro atoms. The minimum absolute atomic E-state index is 0.138. The maximum atomic E-state index is 10.9. The van der Waals surface area contributed by atoms with Crippen molar-refractivity contribution in [1.29, 1.82) is 0 Å². The number of carboxylic acid groups (broad SMARTS) is 1. The Labute approximate surface area is 96.5 Å². The first-order chi connectivity index (χ1) is 8.06. The first-order valence-corrected chi connectivity index (χ1v) is 4.68. The zero-order chi connectivity index (χ0) is 12.8. The summed E-state index contributed by atoms with van der Waals surface area (Å²) in [5.74, 6) is -1.46. The molecular formula is C10H10N2O5. The van der Waals surface area contributed by atoms with Gasteiger partial charge in [-0.15, -0.1) is 0 Å². The molecular weight excluding hydrogens is 228 g/mol. The van der Waals surface area contributed by atoms with E-state index in [0.717, 1.165) is 12.3 Å². The highest BCUT2D eigenvalue weighted by Crippen LogP contribution is 2.20. The summed E-state index contributed by atoms with van der Waals surface area (Å²) >= 11 is 0. The molecule has 90 valence electrons. The number of pyridine rings is 1. The largest absolute Gasteiger partial charge is 0.477 e. The topological polar surface area (TPSA) is 103 Å². The third-order valence-corrected chi connectivity index (χ3v) is 1.83. The van der Waals surface area contributed by atoms with Gasteiger partial charge in [0.05, 0.1) is 4.92 Å². The maximum absolute atomic E-state index is 10.9. The van der Waals surface area contributed by atoms with Crippen molar-refractivity contribution in [2.75, 3.05) is 6.61 Å². The molecule has 0 saturated heterocycles. The van der Waals surface area contributed by atoms with Crippen LogP contribution in [-0.2, 0) is 0 Å². The molecule has 0 unspecified atom stereocenters. The predicted octanol–water partition coefficient (Wildman–Crippen LogP) is 1.64. The van der Waals surface area contributed by atoms with Gasteiger partial charge in [0.15, 0.2) is 0 Å². The number of aromatic nitrogens is 1. The molecule has 0 bridgehead atoms. The van der Waals surface area contributed by atoms with Crippen molar-refractivity contribution in [3.05, 3.63) is 40.1 Å². The Morgan fingerprint density at radius 2 is 2.41 bits per heavy atom. The first kappa shape index (κ1) is 12.6. The van der Waals surface area contributed by atoms with Gasteiger partial charge in [-0.3, -0.25) is 10.1 Å². The smallest absolute Gasteiger partial charge is 0.341 e. The Morgan fingerprint density at radius 3 is 2.94 bits per heavy atom. The lowest BCUT2D eigenvalue weighted by Gasteiger charge is -2.05. The molecule has 1 heterocycles. The molecule has 0 aromatic carbocycles. The van der Waals surface area contributed by atoms with Crippen LogP contribution in [0.2, 0.25) is 0 Å². The minimum Gasteiger partial charge on any atom is -0.477 e. The normalized spacial score (nSPS) is 10.4. The summed E-state index contributed by atoms with van der Waals surface area (Å²) in [6.45, 7) is 1.94. The number of hydrogen-bond acceptors (Lipinski definition) is 5. The number of carbonyl (C=O) groups is 1. The number of nitrogens with zero attached hydrogens (tertiary/aromatic N) is 2. The fourth-order valence-corrected chi connectivity index (χ4v) is 1.03. The molecule has 0 fully saturated rings. The average molecular weight is 238 g/mol. The van der Waals surface area contributed by atoms with Crippen molar-refractivity contribution in [1.82, 2.24) is 4.98 Å². The summed E-state index contributed by atoms with van der Waals surface area (Å²) in [5, 5.41) is 19.3. The molecule has 1 aromatic heterocycles. The zero-order valence-electron chi connectivity index (χ0n) is 8.99. The maximum Gasteiger partial charge on any atom is 0.341 e. The highest BCUT2D eigenvalue weighted by molar-refractivity contribution is 5.90. The second kappa shape index (κ2) is 5.59. The van der Waals surface area contributed by atoms with E-state index in [1.54, 1.807) is 19.1 Å². The van der Waals surface area contributed by atoms with Crippen LogP contribution in [0.25, 0.3) is 0 Å². The molecule has 1 rings (SSSR count). The third-order valence-electron chi connectivity index (χ3n) is 1.83. The summed E-state index contributed by atoms with van der Waals surface area (Å²) in [5.41, 5.74) is -0.718. The summed E-state index contributed by atoms with van der Waals surface area (Å²) in [6.07, 6.45) is 4.35. The van der Waals surface area contributed by atoms with Crippen LogP contribution in [0.5, 0.6) is 5.88 Å². The van der Waals surface area contributed by atoms with Crippen LogP contribution in [-0.4, -0.2) is 27.6 Å². The molecule has 0 amide bonds. The molecule has 0 radical (unpaired) electrons. The summed E-state index contributed by atoms with van der Waals surface area (Å²) in [6, 6.07) is 0.917. The predicted molar refractivity (Wildman–Crippen MR) is 58.2 cm³/mol. The van der Waals surface area contributed by atoms with E-state index in [-0.39, 0.29) is 23.7 Å². The van der Waals surface area contributed by atoms with E-state index >= 15 is 0 Å². The number of aromatic carboxylic acids is 1. The van der Waals surface area contributed by atoms with Crippen LogP contribution < -0.4 is 4.74 Å². The van der Waals surface area contributed by atoms with E-state index in [0.29, 0.717) is 0 Å². The van der Waals surface area contributed by atoms with Crippen LogP contribution in [0, 0.1) is 10.1 Å². The molecule has 0 aliphatic carbocycles. The molecule has 7 heteroatoms. The van der Waals surface area contributed by atoms with Crippen LogP contribution in [0.15, 0.2) is 24.4 Å². The lowest BCUT2D eigenvalue weighted by atomic mass is 10.2. The summed E-state index contributed by atoms with van der Waals surface area (Å²) in [4.78, 5) is 24.2. The van der Waals surface area contributed by atoms with Crippen molar-refractivity contribution in [2.24, 2.45) is 0 Å². The van der Waals surface area contributed by atoms with Crippen LogP contribution >= 0.6 is 0 Å². The van der Waals surface area contributed by atoms with Gasteiger partial charge < -0.3 is 9.84 Å². The van der Waals surface area contributed by atoms with E-state index in [1.807, 2.05) is 0 Å². The molecule has 1 N–H and O–H groups in total. The van der Waals surface area contributed by atoms with Crippen LogP contribution in [0.3, 0.4) is 0 Å². The Hall–Kier alpha value is -2.44. The van der Waals surface area contributed by atoms with Crippen molar-refractivity contribution in [3.63, 3.8) is 0 Å². The average Bonchev–Trinajstić information content (AvgIpc) is 2.29. The number of ether oxygens (including phenoxy) is 1. The third kappa shape index (κ3) is 3.26. The Morgan fingerprint density at radius 1 is 1.71 bits per heavy atom. The fourth-order valence-electron chi connectivity index (χ4n) is 1.03. The van der Waals surface area contributed by atoms with Crippen molar-refractivity contribution < 1.29 is 19.6 Å². The highest BCUT2D eigenvalue weighted by Gasteiger charge is 2.18. The van der Waals surface area contributed by atoms with Gasteiger partial charge in [0, 0.05) is 6.07 Å². The van der Waals surface area contributed by atoms with Crippen LogP contribution in [0.4, 0.5) is 5.69 Å². The monoisotopic (exact) mass is 238 g/mol. The van der Waals surface area contributed by atoms with Gasteiger partial charge in [-0.1, -0.05) is 12.2 Å². The molecule has 0 aliphatic heterocycles. The lowest BCUT2D eigenvalue weighted by Crippen LogP contribution is -2.06. The van der Waals surface area contributed by atoms with Crippen molar-refractivity contribution in [2.45, 2.75) is 6.92 Å². The molecule has 1 aromatic rings. The van der Waals surface area contributed by atoms with Gasteiger partial charge in [-0.25, -0.2) is 9.78 Å². The van der Waals surface area contributed by atoms with Gasteiger partial charge in [0.1, 0.15) is 18.4 Å². The van der Waals surface area contributed by atoms with E-state index in [4.69, 9.17) is 9.84 Å². The SMILES string of the molecule is C/C=C/COc1ncc([N+](=O)[O-])cc1C(=O)O. The molecule has 0 saturated carbocycles. The summed E-state index contributed by atoms with van der Waals surface area (Å²) < 4.78 is 5.07. The number of carboxylic acids is 1. The number of nitro groups is 1. The molecule has 0 aliphatic rings. The van der Waals surface area contributed by atoms with E-state index in [2.05, 4.69) is 4.98 Å². The fraction of sp³-hybridized carbons (Fsp3) is 0.200. The Bertz CT molecular complexity index is 470. The van der Waals surface area contributed by atoms with Gasteiger partial charge in [-0.2, -0.15) is 0 Å². The van der Waals surface area contributed by atoms with Gasteiger partial charge in [0.25, 0.3) is 5.69 Å². The first-order valence-electron chi connectivity index (χ1n) is 4.68. The number of rotatable bonds is 5. The van der Waals surface area contributed by atoms with Gasteiger partial charge in [0.2, 0.25) is 5.88 Å². The standard InChI is InChI=1S/C10H10N2O5/c1-2-3-4-17-9-8(10(13)14)5-7(6-11-9)12(15)16/h2-3,5-6H,4H2,1H3,(H,13,14)/b3-2+. The zero-order valence-corrected chi connectivity index (χ0v) is 8.99. The Balaban J connectivity index is 3.04. The second-order valence-corrected chi connectivity index (χ2v) is 2.99. The second-order valence-electron chi connectivity index (χ2n) is 2.99. The van der Waals surface area contributed by atoms with Crippen molar-refractivity contribution >= 4 is 11.7 Å². The summed E-state index contributed by atoms with van der Waals surface area (Å²) in [7, 11) is 0. The minimum atomic E-state index is -1.32. The number of hydrogen-bond donors (Lipinski definition) is 1.